The van der Waals surface area contributed by atoms with Crippen LogP contribution in [0.1, 0.15) is 11.1 Å². The molecule has 0 radical (unpaired) electrons. The highest BCUT2D eigenvalue weighted by atomic mass is 32.2. The molecule has 3 nitrogen and oxygen atoms in total. The van der Waals surface area contributed by atoms with Crippen molar-refractivity contribution in [1.82, 2.24) is 0 Å². The summed E-state index contributed by atoms with van der Waals surface area (Å²) in [6.45, 7) is 0. The van der Waals surface area contributed by atoms with Gasteiger partial charge in [0.15, 0.2) is 0 Å². The third kappa shape index (κ3) is 3.29. The molecule has 0 unspecified atom stereocenters. The molecule has 0 fully saturated rings. The first-order valence-corrected chi connectivity index (χ1v) is 6.88. The smallest absolute Gasteiger partial charge is 0.118 e. The number of thioether (sulfide) groups is 1. The molecule has 19 heavy (non-hydrogen) atoms. The van der Waals surface area contributed by atoms with E-state index in [1.807, 2.05) is 42.5 Å². The molecule has 0 atom stereocenters. The monoisotopic (exact) mass is 272 g/mol. The lowest BCUT2D eigenvalue weighted by atomic mass is 10.2. The van der Waals surface area contributed by atoms with Gasteiger partial charge in [-0.05, 0) is 29.8 Å². The molecule has 0 aromatic heterocycles. The third-order valence-electron chi connectivity index (χ3n) is 2.80. The quantitative estimate of drug-likeness (QED) is 0.497. The lowest BCUT2D eigenvalue weighted by Gasteiger charge is -2.08. The molecule has 0 spiro atoms. The maximum atomic E-state index is 7.43. The van der Waals surface area contributed by atoms with Gasteiger partial charge in [0.2, 0.25) is 0 Å². The summed E-state index contributed by atoms with van der Waals surface area (Å²) >= 11 is 1.68. The summed E-state index contributed by atoms with van der Waals surface area (Å²) in [7, 11) is 1.66. The van der Waals surface area contributed by atoms with Crippen LogP contribution in [-0.4, -0.2) is 13.3 Å². The second-order valence-corrected chi connectivity index (χ2v) is 5.06. The standard InChI is InChI=1S/C15H16N2OS/c1-18-12-7-5-11(6-8-12)10-19-15-4-2-3-14(17)13(15)9-16/h2-9,16H,10,17H2,1H3. The Morgan fingerprint density at radius 1 is 1.21 bits per heavy atom. The summed E-state index contributed by atoms with van der Waals surface area (Å²) in [5.74, 6) is 1.70. The number of benzene rings is 2. The Hall–Kier alpha value is -1.94. The molecule has 0 aliphatic heterocycles. The Morgan fingerprint density at radius 3 is 2.58 bits per heavy atom. The van der Waals surface area contributed by atoms with E-state index in [9.17, 15) is 0 Å². The number of nitrogens with two attached hydrogens (primary N) is 1. The predicted molar refractivity (Wildman–Crippen MR) is 81.3 cm³/mol. The topological polar surface area (TPSA) is 59.1 Å². The average molecular weight is 272 g/mol. The number of anilines is 1. The van der Waals surface area contributed by atoms with Crippen molar-refractivity contribution in [3.8, 4) is 5.75 Å². The van der Waals surface area contributed by atoms with Gasteiger partial charge in [-0.3, -0.25) is 0 Å². The van der Waals surface area contributed by atoms with Crippen molar-refractivity contribution in [1.29, 1.82) is 5.41 Å². The molecule has 3 N–H and O–H groups in total. The van der Waals surface area contributed by atoms with Crippen LogP contribution in [0.15, 0.2) is 47.4 Å². The number of rotatable bonds is 5. The minimum atomic E-state index is 0.648. The first-order valence-electron chi connectivity index (χ1n) is 5.89. The largest absolute Gasteiger partial charge is 0.497 e. The molecule has 0 aliphatic rings. The maximum absolute atomic E-state index is 7.43. The highest BCUT2D eigenvalue weighted by Gasteiger charge is 2.04. The normalized spacial score (nSPS) is 10.2. The van der Waals surface area contributed by atoms with E-state index in [0.29, 0.717) is 5.69 Å². The van der Waals surface area contributed by atoms with Crippen LogP contribution in [0.5, 0.6) is 5.75 Å². The molecular formula is C15H16N2OS. The van der Waals surface area contributed by atoms with Crippen molar-refractivity contribution in [2.75, 3.05) is 12.8 Å². The molecule has 0 saturated carbocycles. The lowest BCUT2D eigenvalue weighted by Crippen LogP contribution is -1.95. The summed E-state index contributed by atoms with van der Waals surface area (Å²) in [5, 5.41) is 7.43. The zero-order chi connectivity index (χ0) is 13.7. The van der Waals surface area contributed by atoms with Gasteiger partial charge in [0.1, 0.15) is 5.75 Å². The van der Waals surface area contributed by atoms with Crippen molar-refractivity contribution in [3.63, 3.8) is 0 Å². The predicted octanol–water partition coefficient (Wildman–Crippen LogP) is 3.57. The van der Waals surface area contributed by atoms with E-state index in [1.54, 1.807) is 18.9 Å². The Kier molecular flexibility index (Phi) is 4.47. The summed E-state index contributed by atoms with van der Waals surface area (Å²) in [4.78, 5) is 1.03. The first kappa shape index (κ1) is 13.5. The Bertz CT molecular complexity index is 567. The van der Waals surface area contributed by atoms with Crippen LogP contribution in [0, 0.1) is 5.41 Å². The molecule has 0 bridgehead atoms. The van der Waals surface area contributed by atoms with Gasteiger partial charge in [-0.2, -0.15) is 0 Å². The molecule has 0 saturated heterocycles. The average Bonchev–Trinajstić information content (AvgIpc) is 2.45. The van der Waals surface area contributed by atoms with Gasteiger partial charge in [-0.1, -0.05) is 18.2 Å². The third-order valence-corrected chi connectivity index (χ3v) is 3.94. The fourth-order valence-electron chi connectivity index (χ4n) is 1.72. The Balaban J connectivity index is 2.09. The van der Waals surface area contributed by atoms with Crippen molar-refractivity contribution in [2.45, 2.75) is 10.6 Å². The minimum absolute atomic E-state index is 0.648. The molecule has 2 rings (SSSR count). The van der Waals surface area contributed by atoms with Gasteiger partial charge in [0.05, 0.1) is 7.11 Å². The van der Waals surface area contributed by atoms with Crippen LogP contribution in [0.3, 0.4) is 0 Å². The van der Waals surface area contributed by atoms with Gasteiger partial charge in [-0.25, -0.2) is 0 Å². The van der Waals surface area contributed by atoms with Gasteiger partial charge >= 0.3 is 0 Å². The highest BCUT2D eigenvalue weighted by Crippen LogP contribution is 2.28. The fraction of sp³-hybridized carbons (Fsp3) is 0.133. The maximum Gasteiger partial charge on any atom is 0.118 e. The molecule has 2 aromatic carbocycles. The van der Waals surface area contributed by atoms with Crippen LogP contribution in [0.2, 0.25) is 0 Å². The van der Waals surface area contributed by atoms with Crippen LogP contribution in [0.25, 0.3) is 0 Å². The van der Waals surface area contributed by atoms with E-state index in [-0.39, 0.29) is 0 Å². The van der Waals surface area contributed by atoms with Gasteiger partial charge < -0.3 is 15.9 Å². The van der Waals surface area contributed by atoms with Crippen LogP contribution >= 0.6 is 11.8 Å². The van der Waals surface area contributed by atoms with Gasteiger partial charge in [0.25, 0.3) is 0 Å². The Labute approximate surface area is 117 Å². The molecule has 4 heteroatoms. The molecule has 0 amide bonds. The molecule has 98 valence electrons. The van der Waals surface area contributed by atoms with E-state index >= 15 is 0 Å². The first-order chi connectivity index (χ1) is 9.24. The van der Waals surface area contributed by atoms with Crippen molar-refractivity contribution in [3.05, 3.63) is 53.6 Å². The number of hydrogen-bond donors (Lipinski definition) is 2. The van der Waals surface area contributed by atoms with E-state index in [4.69, 9.17) is 15.9 Å². The Morgan fingerprint density at radius 2 is 1.95 bits per heavy atom. The van der Waals surface area contributed by atoms with Crippen LogP contribution < -0.4 is 10.5 Å². The second-order valence-electron chi connectivity index (χ2n) is 4.04. The molecule has 0 heterocycles. The number of nitrogen functional groups attached to an aromatic ring is 1. The summed E-state index contributed by atoms with van der Waals surface area (Å²) in [6, 6.07) is 13.7. The zero-order valence-electron chi connectivity index (χ0n) is 10.7. The van der Waals surface area contributed by atoms with Crippen molar-refractivity contribution in [2.24, 2.45) is 0 Å². The summed E-state index contributed by atoms with van der Waals surface area (Å²) < 4.78 is 5.13. The fourth-order valence-corrected chi connectivity index (χ4v) is 2.75. The van der Waals surface area contributed by atoms with E-state index < -0.39 is 0 Å². The van der Waals surface area contributed by atoms with E-state index in [0.717, 1.165) is 22.0 Å². The SMILES string of the molecule is COc1ccc(CSc2cccc(N)c2C=N)cc1. The molecular weight excluding hydrogens is 256 g/mol. The lowest BCUT2D eigenvalue weighted by molar-refractivity contribution is 0.414. The van der Waals surface area contributed by atoms with Gasteiger partial charge in [-0.15, -0.1) is 11.8 Å². The summed E-state index contributed by atoms with van der Waals surface area (Å²) in [6.07, 6.45) is 1.31. The number of ether oxygens (including phenoxy) is 1. The summed E-state index contributed by atoms with van der Waals surface area (Å²) in [5.41, 5.74) is 8.51. The van der Waals surface area contributed by atoms with Crippen LogP contribution in [0.4, 0.5) is 5.69 Å². The highest BCUT2D eigenvalue weighted by molar-refractivity contribution is 7.98. The number of nitrogens with one attached hydrogen (secondary N) is 1. The number of hydrogen-bond acceptors (Lipinski definition) is 4. The van der Waals surface area contributed by atoms with Crippen molar-refractivity contribution >= 4 is 23.7 Å². The van der Waals surface area contributed by atoms with Crippen LogP contribution in [-0.2, 0) is 5.75 Å². The van der Waals surface area contributed by atoms with Crippen molar-refractivity contribution < 1.29 is 4.74 Å². The van der Waals surface area contributed by atoms with E-state index in [1.165, 1.54) is 11.8 Å². The number of methoxy groups -OCH3 is 1. The second kappa shape index (κ2) is 6.29. The van der Waals surface area contributed by atoms with E-state index in [2.05, 4.69) is 0 Å². The molecule has 0 aliphatic carbocycles. The zero-order valence-corrected chi connectivity index (χ0v) is 11.5. The van der Waals surface area contributed by atoms with Gasteiger partial charge in [0, 0.05) is 28.1 Å². The minimum Gasteiger partial charge on any atom is -0.497 e. The molecule has 2 aromatic rings.